The molecule has 0 amide bonds. The lowest BCUT2D eigenvalue weighted by molar-refractivity contribution is 0.508. The second-order valence-electron chi connectivity index (χ2n) is 4.42. The van der Waals surface area contributed by atoms with Crippen LogP contribution in [-0.4, -0.2) is 38.0 Å². The Labute approximate surface area is 131 Å². The molecule has 1 heterocycles. The fourth-order valence-electron chi connectivity index (χ4n) is 1.49. The number of rotatable bonds is 5. The molecule has 0 radical (unpaired) electrons. The van der Waals surface area contributed by atoms with Crippen LogP contribution in [0.5, 0.6) is 0 Å². The molecule has 2 rings (SSSR count). The summed E-state index contributed by atoms with van der Waals surface area (Å²) in [6, 6.07) is 3.72. The summed E-state index contributed by atoms with van der Waals surface area (Å²) >= 11 is 1.27. The first kappa shape index (κ1) is 16.3. The van der Waals surface area contributed by atoms with Gasteiger partial charge in [0.1, 0.15) is 16.5 Å². The molecule has 0 spiro atoms. The van der Waals surface area contributed by atoms with E-state index in [4.69, 9.17) is 5.73 Å². The number of nitrogens with one attached hydrogen (secondary N) is 1. The monoisotopic (exact) mass is 343 g/mol. The highest BCUT2D eigenvalue weighted by Crippen LogP contribution is 2.19. The SMILES string of the molecule is CN(C)S(=O)(=O)c1cc(C=NNc2nc(N)cs2)ccc1F. The van der Waals surface area contributed by atoms with Gasteiger partial charge < -0.3 is 5.73 Å². The average molecular weight is 343 g/mol. The van der Waals surface area contributed by atoms with Crippen molar-refractivity contribution in [2.24, 2.45) is 5.10 Å². The number of hydrogen-bond acceptors (Lipinski definition) is 7. The Kier molecular flexibility index (Phi) is 4.74. The standard InChI is InChI=1S/C12H14FN5O2S2/c1-18(2)22(19,20)10-5-8(3-4-9(10)13)6-15-17-12-16-11(14)7-21-12/h3-7H,14H2,1-2H3,(H,16,17). The normalized spacial score (nSPS) is 12.2. The maximum absolute atomic E-state index is 13.7. The van der Waals surface area contributed by atoms with Crippen molar-refractivity contribution in [3.63, 3.8) is 0 Å². The van der Waals surface area contributed by atoms with Crippen molar-refractivity contribution in [2.45, 2.75) is 4.90 Å². The van der Waals surface area contributed by atoms with Gasteiger partial charge in [0.25, 0.3) is 0 Å². The number of halogens is 1. The number of aromatic nitrogens is 1. The fourth-order valence-corrected chi connectivity index (χ4v) is 3.04. The summed E-state index contributed by atoms with van der Waals surface area (Å²) in [4.78, 5) is 3.54. The third-order valence-electron chi connectivity index (χ3n) is 2.61. The molecule has 0 aliphatic rings. The minimum Gasteiger partial charge on any atom is -0.383 e. The summed E-state index contributed by atoms with van der Waals surface area (Å²) in [5, 5.41) is 6.06. The Balaban J connectivity index is 2.23. The highest BCUT2D eigenvalue weighted by molar-refractivity contribution is 7.89. The van der Waals surface area contributed by atoms with Gasteiger partial charge in [0, 0.05) is 19.5 Å². The van der Waals surface area contributed by atoms with Crippen molar-refractivity contribution < 1.29 is 12.8 Å². The van der Waals surface area contributed by atoms with E-state index in [2.05, 4.69) is 15.5 Å². The van der Waals surface area contributed by atoms with Gasteiger partial charge in [-0.1, -0.05) is 6.07 Å². The zero-order valence-corrected chi connectivity index (χ0v) is 13.4. The minimum absolute atomic E-state index is 0.379. The van der Waals surface area contributed by atoms with Crippen molar-refractivity contribution in [3.8, 4) is 0 Å². The Hall–Kier alpha value is -2.04. The molecule has 0 atom stereocenters. The van der Waals surface area contributed by atoms with Gasteiger partial charge in [0.2, 0.25) is 15.2 Å². The largest absolute Gasteiger partial charge is 0.383 e. The van der Waals surface area contributed by atoms with Crippen LogP contribution < -0.4 is 11.2 Å². The summed E-state index contributed by atoms with van der Waals surface area (Å²) in [5.41, 5.74) is 8.55. The molecular weight excluding hydrogens is 329 g/mol. The Bertz CT molecular complexity index is 802. The number of anilines is 2. The maximum atomic E-state index is 13.7. The maximum Gasteiger partial charge on any atom is 0.245 e. The first-order valence-corrected chi connectivity index (χ1v) is 8.35. The van der Waals surface area contributed by atoms with Gasteiger partial charge in [0.15, 0.2) is 0 Å². The molecule has 2 aromatic rings. The molecule has 0 bridgehead atoms. The fraction of sp³-hybridized carbons (Fsp3) is 0.167. The second kappa shape index (κ2) is 6.38. The van der Waals surface area contributed by atoms with Crippen molar-refractivity contribution in [1.29, 1.82) is 0 Å². The molecule has 22 heavy (non-hydrogen) atoms. The van der Waals surface area contributed by atoms with E-state index in [9.17, 15) is 12.8 Å². The van der Waals surface area contributed by atoms with E-state index < -0.39 is 20.7 Å². The van der Waals surface area contributed by atoms with Gasteiger partial charge in [-0.3, -0.25) is 5.43 Å². The van der Waals surface area contributed by atoms with E-state index in [-0.39, 0.29) is 0 Å². The molecule has 0 aliphatic heterocycles. The molecule has 0 fully saturated rings. The zero-order chi connectivity index (χ0) is 16.3. The molecule has 118 valence electrons. The lowest BCUT2D eigenvalue weighted by Crippen LogP contribution is -2.23. The lowest BCUT2D eigenvalue weighted by Gasteiger charge is -2.12. The van der Waals surface area contributed by atoms with Crippen molar-refractivity contribution in [1.82, 2.24) is 9.29 Å². The number of thiazole rings is 1. The van der Waals surface area contributed by atoms with Crippen molar-refractivity contribution in [3.05, 3.63) is 35.0 Å². The predicted octanol–water partition coefficient (Wildman–Crippen LogP) is 1.56. The predicted molar refractivity (Wildman–Crippen MR) is 85.0 cm³/mol. The van der Waals surface area contributed by atoms with Gasteiger partial charge in [-0.05, 0) is 17.7 Å². The first-order valence-electron chi connectivity index (χ1n) is 6.03. The molecule has 1 aromatic heterocycles. The quantitative estimate of drug-likeness (QED) is 0.634. The number of hydrazone groups is 1. The molecule has 7 nitrogen and oxygen atoms in total. The Morgan fingerprint density at radius 3 is 2.77 bits per heavy atom. The van der Waals surface area contributed by atoms with Crippen LogP contribution in [0.15, 0.2) is 33.6 Å². The third-order valence-corrected chi connectivity index (χ3v) is 5.20. The van der Waals surface area contributed by atoms with Crippen LogP contribution in [0, 0.1) is 5.82 Å². The number of sulfonamides is 1. The summed E-state index contributed by atoms with van der Waals surface area (Å²) in [6.07, 6.45) is 1.37. The summed E-state index contributed by atoms with van der Waals surface area (Å²) in [7, 11) is -1.18. The number of hydrogen-bond donors (Lipinski definition) is 2. The van der Waals surface area contributed by atoms with E-state index in [1.54, 1.807) is 5.38 Å². The van der Waals surface area contributed by atoms with E-state index in [0.717, 1.165) is 10.4 Å². The third kappa shape index (κ3) is 3.59. The molecule has 3 N–H and O–H groups in total. The lowest BCUT2D eigenvalue weighted by atomic mass is 10.2. The number of nitrogens with two attached hydrogens (primary N) is 1. The first-order chi connectivity index (χ1) is 10.3. The second-order valence-corrected chi connectivity index (χ2v) is 7.40. The van der Waals surface area contributed by atoms with Gasteiger partial charge in [-0.25, -0.2) is 22.1 Å². The van der Waals surface area contributed by atoms with Crippen molar-refractivity contribution in [2.75, 3.05) is 25.3 Å². The highest BCUT2D eigenvalue weighted by Gasteiger charge is 2.21. The summed E-state index contributed by atoms with van der Waals surface area (Å²) < 4.78 is 38.7. The van der Waals surface area contributed by atoms with Crippen LogP contribution in [0.25, 0.3) is 0 Å². The molecule has 0 unspecified atom stereocenters. The molecule has 10 heteroatoms. The van der Waals surface area contributed by atoms with Crippen molar-refractivity contribution >= 4 is 38.5 Å². The summed E-state index contributed by atoms with van der Waals surface area (Å²) in [5.74, 6) is -0.435. The van der Waals surface area contributed by atoms with Crippen LogP contribution in [-0.2, 0) is 10.0 Å². The molecule has 1 aromatic carbocycles. The summed E-state index contributed by atoms with van der Waals surface area (Å²) in [6.45, 7) is 0. The minimum atomic E-state index is -3.85. The van der Waals surface area contributed by atoms with E-state index in [1.807, 2.05) is 0 Å². The van der Waals surface area contributed by atoms with Gasteiger partial charge in [0.05, 0.1) is 6.21 Å². The van der Waals surface area contributed by atoms with E-state index in [1.165, 1.54) is 43.8 Å². The van der Waals surface area contributed by atoms with Gasteiger partial charge >= 0.3 is 0 Å². The van der Waals surface area contributed by atoms with Gasteiger partial charge in [-0.15, -0.1) is 11.3 Å². The smallest absolute Gasteiger partial charge is 0.245 e. The van der Waals surface area contributed by atoms with Crippen LogP contribution >= 0.6 is 11.3 Å². The van der Waals surface area contributed by atoms with E-state index in [0.29, 0.717) is 16.5 Å². The molecule has 0 aliphatic carbocycles. The topological polar surface area (TPSA) is 101 Å². The number of nitrogen functional groups attached to an aromatic ring is 1. The highest BCUT2D eigenvalue weighted by atomic mass is 32.2. The van der Waals surface area contributed by atoms with Crippen LogP contribution in [0.4, 0.5) is 15.3 Å². The average Bonchev–Trinajstić information content (AvgIpc) is 2.86. The molecule has 0 saturated heterocycles. The van der Waals surface area contributed by atoms with Crippen LogP contribution in [0.1, 0.15) is 5.56 Å². The van der Waals surface area contributed by atoms with Crippen LogP contribution in [0.3, 0.4) is 0 Å². The molecular formula is C12H14FN5O2S2. The number of nitrogens with zero attached hydrogens (tertiary/aromatic N) is 3. The molecule has 0 saturated carbocycles. The van der Waals surface area contributed by atoms with Crippen LogP contribution in [0.2, 0.25) is 0 Å². The van der Waals surface area contributed by atoms with E-state index >= 15 is 0 Å². The Morgan fingerprint density at radius 2 is 2.18 bits per heavy atom. The number of benzene rings is 1. The van der Waals surface area contributed by atoms with Gasteiger partial charge in [-0.2, -0.15) is 5.10 Å². The zero-order valence-electron chi connectivity index (χ0n) is 11.8. The Morgan fingerprint density at radius 1 is 1.45 bits per heavy atom.